The van der Waals surface area contributed by atoms with Crippen molar-refractivity contribution in [1.82, 2.24) is 14.5 Å². The molecule has 0 saturated carbocycles. The Morgan fingerprint density at radius 2 is 2.00 bits per heavy atom. The summed E-state index contributed by atoms with van der Waals surface area (Å²) in [7, 11) is 3.03. The second-order valence-electron chi connectivity index (χ2n) is 6.78. The molecule has 0 aliphatic heterocycles. The van der Waals surface area contributed by atoms with E-state index in [1.165, 1.54) is 23.6 Å². The van der Waals surface area contributed by atoms with E-state index in [2.05, 4.69) is 10.3 Å². The third kappa shape index (κ3) is 4.30. The van der Waals surface area contributed by atoms with Gasteiger partial charge in [0.25, 0.3) is 5.56 Å². The molecule has 2 amide bonds. The van der Waals surface area contributed by atoms with Crippen LogP contribution in [0.3, 0.4) is 0 Å². The van der Waals surface area contributed by atoms with Crippen LogP contribution < -0.4 is 10.9 Å². The lowest BCUT2D eigenvalue weighted by molar-refractivity contribution is 0.180. The van der Waals surface area contributed by atoms with Crippen molar-refractivity contribution in [3.8, 4) is 0 Å². The Balaban J connectivity index is 1.94. The Morgan fingerprint density at radius 3 is 2.70 bits per heavy atom. The van der Waals surface area contributed by atoms with Crippen molar-refractivity contribution in [2.75, 3.05) is 26.1 Å². The van der Waals surface area contributed by atoms with Gasteiger partial charge < -0.3 is 15.0 Å². The van der Waals surface area contributed by atoms with Gasteiger partial charge in [0.2, 0.25) is 0 Å². The zero-order valence-electron chi connectivity index (χ0n) is 16.9. The first-order chi connectivity index (χ1) is 14.3. The minimum atomic E-state index is -0.884. The fourth-order valence-corrected chi connectivity index (χ4v) is 3.05. The SMILES string of the molecule is COCCn1c(C(C)N(C)C(=O)Nc2ccc(F)cc2F)nc2ccccc2c1=O. The van der Waals surface area contributed by atoms with Gasteiger partial charge in [0.1, 0.15) is 17.5 Å². The molecule has 7 nitrogen and oxygen atoms in total. The van der Waals surface area contributed by atoms with E-state index in [9.17, 15) is 18.4 Å². The maximum atomic E-state index is 13.9. The average Bonchev–Trinajstić information content (AvgIpc) is 2.73. The van der Waals surface area contributed by atoms with Gasteiger partial charge >= 0.3 is 6.03 Å². The van der Waals surface area contributed by atoms with Gasteiger partial charge in [0.15, 0.2) is 0 Å². The van der Waals surface area contributed by atoms with E-state index < -0.39 is 23.7 Å². The molecule has 0 aliphatic rings. The lowest BCUT2D eigenvalue weighted by atomic mass is 10.2. The van der Waals surface area contributed by atoms with Crippen molar-refractivity contribution in [3.05, 3.63) is 70.3 Å². The number of carbonyl (C=O) groups is 1. The van der Waals surface area contributed by atoms with E-state index in [1.807, 2.05) is 0 Å². The number of rotatable bonds is 6. The van der Waals surface area contributed by atoms with Gasteiger partial charge in [0, 0.05) is 20.2 Å². The van der Waals surface area contributed by atoms with E-state index in [0.29, 0.717) is 22.8 Å². The van der Waals surface area contributed by atoms with Crippen molar-refractivity contribution >= 4 is 22.6 Å². The van der Waals surface area contributed by atoms with Gasteiger partial charge in [-0.05, 0) is 31.2 Å². The molecule has 1 N–H and O–H groups in total. The summed E-state index contributed by atoms with van der Waals surface area (Å²) in [5, 5.41) is 2.87. The summed E-state index contributed by atoms with van der Waals surface area (Å²) in [5.74, 6) is -1.26. The highest BCUT2D eigenvalue weighted by Gasteiger charge is 2.24. The number of hydrogen-bond acceptors (Lipinski definition) is 4. The number of aromatic nitrogens is 2. The zero-order valence-corrected chi connectivity index (χ0v) is 16.9. The molecule has 30 heavy (non-hydrogen) atoms. The second kappa shape index (κ2) is 9.00. The quantitative estimate of drug-likeness (QED) is 0.667. The predicted molar refractivity (Wildman–Crippen MR) is 109 cm³/mol. The number of nitrogens with one attached hydrogen (secondary N) is 1. The molecule has 1 atom stereocenters. The Labute approximate surface area is 171 Å². The largest absolute Gasteiger partial charge is 0.383 e. The molecule has 3 rings (SSSR count). The molecule has 0 saturated heterocycles. The third-order valence-electron chi connectivity index (χ3n) is 4.86. The van der Waals surface area contributed by atoms with Crippen LogP contribution in [0.15, 0.2) is 47.3 Å². The molecule has 0 fully saturated rings. The van der Waals surface area contributed by atoms with Crippen LogP contribution in [-0.4, -0.2) is 41.2 Å². The number of ether oxygens (including phenoxy) is 1. The molecule has 3 aromatic rings. The standard InChI is InChI=1S/C21H22F2N4O3/c1-13(26(2)21(29)25-18-9-8-14(22)12-16(18)23)19-24-17-7-5-4-6-15(17)20(28)27(19)10-11-30-3/h4-9,12-13H,10-11H2,1-3H3,(H,25,29). The lowest BCUT2D eigenvalue weighted by Crippen LogP contribution is -2.38. The first-order valence-electron chi connectivity index (χ1n) is 9.30. The number of nitrogens with zero attached hydrogens (tertiary/aromatic N) is 3. The Bertz CT molecular complexity index is 1130. The van der Waals surface area contributed by atoms with Crippen LogP contribution in [0.25, 0.3) is 10.9 Å². The maximum Gasteiger partial charge on any atom is 0.322 e. The summed E-state index contributed by atoms with van der Waals surface area (Å²) >= 11 is 0. The monoisotopic (exact) mass is 416 g/mol. The van der Waals surface area contributed by atoms with Crippen LogP contribution in [0.5, 0.6) is 0 Å². The van der Waals surface area contributed by atoms with Crippen LogP contribution >= 0.6 is 0 Å². The van der Waals surface area contributed by atoms with E-state index in [1.54, 1.807) is 31.2 Å². The molecule has 2 aromatic carbocycles. The van der Waals surface area contributed by atoms with Crippen molar-refractivity contribution < 1.29 is 18.3 Å². The van der Waals surface area contributed by atoms with Crippen molar-refractivity contribution in [2.45, 2.75) is 19.5 Å². The number of halogens is 2. The number of benzene rings is 2. The van der Waals surface area contributed by atoms with Crippen molar-refractivity contribution in [2.24, 2.45) is 0 Å². The van der Waals surface area contributed by atoms with Crippen molar-refractivity contribution in [3.63, 3.8) is 0 Å². The summed E-state index contributed by atoms with van der Waals surface area (Å²) in [6, 6.07) is 8.57. The van der Waals surface area contributed by atoms with Gasteiger partial charge in [-0.2, -0.15) is 0 Å². The van der Waals surface area contributed by atoms with E-state index >= 15 is 0 Å². The number of para-hydroxylation sites is 1. The van der Waals surface area contributed by atoms with Gasteiger partial charge in [-0.25, -0.2) is 18.6 Å². The second-order valence-corrected chi connectivity index (χ2v) is 6.78. The van der Waals surface area contributed by atoms with E-state index in [-0.39, 0.29) is 24.4 Å². The first kappa shape index (κ1) is 21.4. The number of urea groups is 1. The highest BCUT2D eigenvalue weighted by Crippen LogP contribution is 2.21. The summed E-state index contributed by atoms with van der Waals surface area (Å²) in [6.07, 6.45) is 0. The minimum Gasteiger partial charge on any atom is -0.383 e. The van der Waals surface area contributed by atoms with Gasteiger partial charge in [0.05, 0.1) is 35.8 Å². The molecule has 0 radical (unpaired) electrons. The summed E-state index contributed by atoms with van der Waals surface area (Å²) < 4.78 is 33.6. The maximum absolute atomic E-state index is 13.9. The summed E-state index contributed by atoms with van der Waals surface area (Å²) in [5.41, 5.74) is 0.123. The molecule has 0 spiro atoms. The summed E-state index contributed by atoms with van der Waals surface area (Å²) in [6.45, 7) is 2.26. The molecule has 0 bridgehead atoms. The van der Waals surface area contributed by atoms with Crippen LogP contribution in [-0.2, 0) is 11.3 Å². The number of hydrogen-bond donors (Lipinski definition) is 1. The molecular formula is C21H22F2N4O3. The zero-order chi connectivity index (χ0) is 21.8. The number of anilines is 1. The smallest absolute Gasteiger partial charge is 0.322 e. The minimum absolute atomic E-state index is 0.149. The highest BCUT2D eigenvalue weighted by molar-refractivity contribution is 5.89. The van der Waals surface area contributed by atoms with Crippen LogP contribution in [0.1, 0.15) is 18.8 Å². The Morgan fingerprint density at radius 1 is 1.27 bits per heavy atom. The predicted octanol–water partition coefficient (Wildman–Crippen LogP) is 3.55. The molecule has 0 aliphatic carbocycles. The van der Waals surface area contributed by atoms with Crippen LogP contribution in [0, 0.1) is 11.6 Å². The number of fused-ring (bicyclic) bond motifs is 1. The molecule has 9 heteroatoms. The topological polar surface area (TPSA) is 76.5 Å². The molecule has 1 unspecified atom stereocenters. The number of carbonyl (C=O) groups excluding carboxylic acids is 1. The summed E-state index contributed by atoms with van der Waals surface area (Å²) in [4.78, 5) is 31.5. The Hall–Kier alpha value is -3.33. The lowest BCUT2D eigenvalue weighted by Gasteiger charge is -2.27. The fraction of sp³-hybridized carbons (Fsp3) is 0.286. The normalized spacial score (nSPS) is 12.0. The molecule has 1 aromatic heterocycles. The van der Waals surface area contributed by atoms with Gasteiger partial charge in [-0.3, -0.25) is 9.36 Å². The van der Waals surface area contributed by atoms with Crippen molar-refractivity contribution in [1.29, 1.82) is 0 Å². The number of amides is 2. The number of methoxy groups -OCH3 is 1. The average molecular weight is 416 g/mol. The first-order valence-corrected chi connectivity index (χ1v) is 9.30. The van der Waals surface area contributed by atoms with E-state index in [4.69, 9.17) is 4.74 Å². The molecule has 158 valence electrons. The van der Waals surface area contributed by atoms with Gasteiger partial charge in [-0.1, -0.05) is 12.1 Å². The van der Waals surface area contributed by atoms with Crippen LogP contribution in [0.4, 0.5) is 19.3 Å². The highest BCUT2D eigenvalue weighted by atomic mass is 19.1. The molecule has 1 heterocycles. The fourth-order valence-electron chi connectivity index (χ4n) is 3.05. The third-order valence-corrected chi connectivity index (χ3v) is 4.86. The van der Waals surface area contributed by atoms with Gasteiger partial charge in [-0.15, -0.1) is 0 Å². The van der Waals surface area contributed by atoms with E-state index in [0.717, 1.165) is 12.1 Å². The molecular weight excluding hydrogens is 394 g/mol. The Kier molecular flexibility index (Phi) is 6.41. The van der Waals surface area contributed by atoms with Crippen LogP contribution in [0.2, 0.25) is 0 Å².